The quantitative estimate of drug-likeness (QED) is 0.288. The highest BCUT2D eigenvalue weighted by molar-refractivity contribution is 7.89. The molecule has 0 spiro atoms. The predicted molar refractivity (Wildman–Crippen MR) is 142 cm³/mol. The van der Waals surface area contributed by atoms with Crippen molar-refractivity contribution in [3.8, 4) is 5.75 Å². The van der Waals surface area contributed by atoms with Gasteiger partial charge in [0.15, 0.2) is 0 Å². The van der Waals surface area contributed by atoms with Crippen LogP contribution in [0.15, 0.2) is 65.1 Å². The SMILES string of the molecule is C=CCc1cccc(/C=N/NC(=O)CN2CCN(S(=O)(=O)c3ccc(N4CCOCC4)cc3)CC2)c1O. The molecule has 1 amide bonds. The van der Waals surface area contributed by atoms with Crippen molar-refractivity contribution in [3.63, 3.8) is 0 Å². The highest BCUT2D eigenvalue weighted by Gasteiger charge is 2.29. The minimum absolute atomic E-state index is 0.0992. The van der Waals surface area contributed by atoms with Crippen LogP contribution in [-0.4, -0.2) is 93.9 Å². The molecule has 4 rings (SSSR count). The number of aromatic hydroxyl groups is 1. The number of nitrogens with zero attached hydrogens (tertiary/aromatic N) is 4. The van der Waals surface area contributed by atoms with E-state index in [0.717, 1.165) is 24.3 Å². The highest BCUT2D eigenvalue weighted by Crippen LogP contribution is 2.23. The number of sulfonamides is 1. The molecule has 2 aliphatic heterocycles. The van der Waals surface area contributed by atoms with E-state index in [2.05, 4.69) is 22.0 Å². The molecule has 0 unspecified atom stereocenters. The Labute approximate surface area is 217 Å². The van der Waals surface area contributed by atoms with Gasteiger partial charge < -0.3 is 14.7 Å². The second-order valence-corrected chi connectivity index (χ2v) is 10.9. The van der Waals surface area contributed by atoms with Crippen LogP contribution in [0.25, 0.3) is 0 Å². The van der Waals surface area contributed by atoms with Crippen molar-refractivity contribution >= 4 is 27.8 Å². The summed E-state index contributed by atoms with van der Waals surface area (Å²) in [5.74, 6) is -0.207. The smallest absolute Gasteiger partial charge is 0.254 e. The van der Waals surface area contributed by atoms with Crippen LogP contribution in [0.2, 0.25) is 0 Å². The Morgan fingerprint density at radius 2 is 1.76 bits per heavy atom. The molecule has 0 aliphatic carbocycles. The number of anilines is 1. The predicted octanol–water partition coefficient (Wildman–Crippen LogP) is 1.41. The summed E-state index contributed by atoms with van der Waals surface area (Å²) in [6, 6.07) is 12.3. The van der Waals surface area contributed by atoms with E-state index >= 15 is 0 Å². The molecule has 2 N–H and O–H groups in total. The van der Waals surface area contributed by atoms with Crippen molar-refractivity contribution in [2.45, 2.75) is 11.3 Å². The maximum Gasteiger partial charge on any atom is 0.254 e. The number of carbonyl (C=O) groups excluding carboxylic acids is 1. The average molecular weight is 528 g/mol. The lowest BCUT2D eigenvalue weighted by Crippen LogP contribution is -2.50. The summed E-state index contributed by atoms with van der Waals surface area (Å²) in [6.45, 7) is 8.16. The summed E-state index contributed by atoms with van der Waals surface area (Å²) in [5, 5.41) is 14.2. The molecule has 2 fully saturated rings. The van der Waals surface area contributed by atoms with E-state index in [1.165, 1.54) is 10.5 Å². The Hall–Kier alpha value is -3.25. The summed E-state index contributed by atoms with van der Waals surface area (Å²) < 4.78 is 33.1. The van der Waals surface area contributed by atoms with Crippen LogP contribution in [0.1, 0.15) is 11.1 Å². The molecule has 2 saturated heterocycles. The molecule has 0 aromatic heterocycles. The Morgan fingerprint density at radius 1 is 1.05 bits per heavy atom. The van der Waals surface area contributed by atoms with Gasteiger partial charge in [0.05, 0.1) is 30.9 Å². The summed E-state index contributed by atoms with van der Waals surface area (Å²) in [5.41, 5.74) is 4.68. The van der Waals surface area contributed by atoms with Crippen LogP contribution in [-0.2, 0) is 26.0 Å². The number of allylic oxidation sites excluding steroid dienone is 1. The van der Waals surface area contributed by atoms with Gasteiger partial charge in [-0.25, -0.2) is 13.8 Å². The van der Waals surface area contributed by atoms with Crippen LogP contribution in [0.5, 0.6) is 5.75 Å². The number of ether oxygens (including phenoxy) is 1. The Balaban J connectivity index is 1.26. The number of rotatable bonds is 9. The monoisotopic (exact) mass is 527 g/mol. The van der Waals surface area contributed by atoms with E-state index in [0.29, 0.717) is 51.4 Å². The minimum Gasteiger partial charge on any atom is -0.507 e. The molecule has 0 bridgehead atoms. The number of para-hydroxylation sites is 1. The van der Waals surface area contributed by atoms with Crippen LogP contribution < -0.4 is 10.3 Å². The zero-order valence-corrected chi connectivity index (χ0v) is 21.6. The molecule has 0 radical (unpaired) electrons. The third kappa shape index (κ3) is 6.75. The number of amides is 1. The number of hydrogen-bond donors (Lipinski definition) is 2. The zero-order valence-electron chi connectivity index (χ0n) is 20.8. The molecule has 2 aliphatic rings. The van der Waals surface area contributed by atoms with Gasteiger partial charge in [-0.05, 0) is 42.3 Å². The Kier molecular flexibility index (Phi) is 8.93. The number of hydrogen-bond acceptors (Lipinski definition) is 8. The minimum atomic E-state index is -3.61. The Bertz CT molecular complexity index is 1220. The molecule has 2 heterocycles. The van der Waals surface area contributed by atoms with E-state index in [9.17, 15) is 18.3 Å². The number of benzene rings is 2. The fourth-order valence-corrected chi connectivity index (χ4v) is 5.80. The van der Waals surface area contributed by atoms with Gasteiger partial charge in [0, 0.05) is 50.5 Å². The van der Waals surface area contributed by atoms with Crippen molar-refractivity contribution in [1.82, 2.24) is 14.6 Å². The first-order valence-electron chi connectivity index (χ1n) is 12.3. The summed E-state index contributed by atoms with van der Waals surface area (Å²) in [6.07, 6.45) is 3.63. The summed E-state index contributed by atoms with van der Waals surface area (Å²) >= 11 is 0. The number of morpholine rings is 1. The largest absolute Gasteiger partial charge is 0.507 e. The van der Waals surface area contributed by atoms with Crippen LogP contribution in [0.3, 0.4) is 0 Å². The summed E-state index contributed by atoms with van der Waals surface area (Å²) in [7, 11) is -3.61. The van der Waals surface area contributed by atoms with Crippen LogP contribution >= 0.6 is 0 Å². The van der Waals surface area contributed by atoms with E-state index < -0.39 is 10.0 Å². The highest BCUT2D eigenvalue weighted by atomic mass is 32.2. The lowest BCUT2D eigenvalue weighted by molar-refractivity contribution is -0.122. The maximum absolute atomic E-state index is 13.1. The van der Waals surface area contributed by atoms with Crippen LogP contribution in [0.4, 0.5) is 5.69 Å². The van der Waals surface area contributed by atoms with Crippen molar-refractivity contribution < 1.29 is 23.1 Å². The average Bonchev–Trinajstić information content (AvgIpc) is 2.92. The van der Waals surface area contributed by atoms with Gasteiger partial charge in [-0.15, -0.1) is 6.58 Å². The lowest BCUT2D eigenvalue weighted by atomic mass is 10.1. The molecule has 2 aromatic rings. The normalized spacial score (nSPS) is 17.7. The number of phenolic OH excluding ortho intramolecular Hbond substituents is 1. The van der Waals surface area contributed by atoms with Crippen molar-refractivity contribution in [2.24, 2.45) is 5.10 Å². The molecular formula is C26H33N5O5S. The van der Waals surface area contributed by atoms with Gasteiger partial charge in [0.1, 0.15) is 5.75 Å². The summed E-state index contributed by atoms with van der Waals surface area (Å²) in [4.78, 5) is 16.7. The number of phenols is 1. The van der Waals surface area contributed by atoms with Crippen molar-refractivity contribution in [2.75, 3.05) is 63.9 Å². The van der Waals surface area contributed by atoms with Gasteiger partial charge >= 0.3 is 0 Å². The topological polar surface area (TPSA) is 115 Å². The van der Waals surface area contributed by atoms with Gasteiger partial charge in [-0.1, -0.05) is 18.2 Å². The van der Waals surface area contributed by atoms with Gasteiger partial charge in [0.25, 0.3) is 5.91 Å². The fraction of sp³-hybridized carbons (Fsp3) is 0.385. The van der Waals surface area contributed by atoms with Crippen LogP contribution in [0, 0.1) is 0 Å². The van der Waals surface area contributed by atoms with E-state index in [4.69, 9.17) is 4.74 Å². The third-order valence-corrected chi connectivity index (χ3v) is 8.37. The molecule has 2 aromatic carbocycles. The fourth-order valence-electron chi connectivity index (χ4n) is 4.38. The molecule has 10 nitrogen and oxygen atoms in total. The van der Waals surface area contributed by atoms with Crippen molar-refractivity contribution in [1.29, 1.82) is 0 Å². The number of piperazine rings is 1. The number of nitrogens with one attached hydrogen (secondary N) is 1. The van der Waals surface area contributed by atoms with Gasteiger partial charge in [-0.2, -0.15) is 9.41 Å². The number of hydrazone groups is 1. The second kappa shape index (κ2) is 12.3. The van der Waals surface area contributed by atoms with E-state index in [-0.39, 0.29) is 23.1 Å². The van der Waals surface area contributed by atoms with E-state index in [1.807, 2.05) is 17.0 Å². The molecule has 0 atom stereocenters. The first-order valence-corrected chi connectivity index (χ1v) is 13.7. The molecular weight excluding hydrogens is 494 g/mol. The maximum atomic E-state index is 13.1. The van der Waals surface area contributed by atoms with E-state index in [1.54, 1.807) is 36.4 Å². The molecule has 198 valence electrons. The second-order valence-electron chi connectivity index (χ2n) is 8.91. The standard InChI is InChI=1S/C26H33N5O5S/c1-2-4-21-5-3-6-22(26(21)33)19-27-28-25(32)20-29-11-13-31(14-12-29)37(34,35)24-9-7-23(8-10-24)30-15-17-36-18-16-30/h2-3,5-10,19,33H,1,4,11-18,20H2,(H,28,32)/b27-19+. The first kappa shape index (κ1) is 26.8. The molecule has 11 heteroatoms. The Morgan fingerprint density at radius 3 is 2.43 bits per heavy atom. The zero-order chi connectivity index (χ0) is 26.3. The lowest BCUT2D eigenvalue weighted by Gasteiger charge is -2.33. The number of carbonyl (C=O) groups is 1. The van der Waals surface area contributed by atoms with Gasteiger partial charge in [0.2, 0.25) is 10.0 Å². The third-order valence-electron chi connectivity index (χ3n) is 6.46. The molecule has 0 saturated carbocycles. The van der Waals surface area contributed by atoms with Crippen molar-refractivity contribution in [3.05, 3.63) is 66.2 Å². The molecule has 37 heavy (non-hydrogen) atoms. The van der Waals surface area contributed by atoms with Gasteiger partial charge in [-0.3, -0.25) is 9.69 Å². The first-order chi connectivity index (χ1) is 17.9.